The third-order valence-corrected chi connectivity index (χ3v) is 10.5. The van der Waals surface area contributed by atoms with Crippen molar-refractivity contribution in [3.05, 3.63) is 114 Å². The molecule has 2 fully saturated rings. The van der Waals surface area contributed by atoms with Gasteiger partial charge in [-0.05, 0) is 72.0 Å². The zero-order chi connectivity index (χ0) is 37.3. The fourth-order valence-corrected chi connectivity index (χ4v) is 7.75. The van der Waals surface area contributed by atoms with Crippen LogP contribution >= 0.6 is 0 Å². The summed E-state index contributed by atoms with van der Waals surface area (Å²) < 4.78 is 49.1. The molecule has 2 heterocycles. The number of halogens is 1. The van der Waals surface area contributed by atoms with Crippen molar-refractivity contribution in [2.45, 2.75) is 55.5 Å². The Morgan fingerprint density at radius 1 is 0.885 bits per heavy atom. The van der Waals surface area contributed by atoms with E-state index in [1.807, 2.05) is 6.07 Å². The SMILES string of the molecule is O=C(O)C1O[C@@H](CS(=O)(=O)Oc2ccc(-c3ccc([C@@H]4[C@@H](CC[C@H](O)c5ccc(F)cc5)C(=O)N4c4ccccc4)c(O)c3)cc2)C(O)[C@@H](O)[C@H]1O. The Balaban J connectivity index is 1.16. The standard InChI is InChI=1S/C37H36FNO12S/c38-23-11-6-21(7-12-23)28(40)17-16-27-31(39(36(27)45)24-4-2-1-3-5-24)26-15-10-22(18-29(26)41)20-8-13-25(14-9-20)51-52(48,49)19-30-32(42)33(43)34(44)35(50-30)37(46)47/h1-15,18,27-28,30-35,40-44H,16-17,19H2,(H,46,47)/t27-,28+,30+,31-,32?,33-,34-,35?/m1/s1. The van der Waals surface area contributed by atoms with Crippen molar-refractivity contribution in [2.24, 2.45) is 5.92 Å². The summed E-state index contributed by atoms with van der Waals surface area (Å²) in [6.45, 7) is 0. The highest BCUT2D eigenvalue weighted by atomic mass is 32.2. The van der Waals surface area contributed by atoms with Crippen molar-refractivity contribution in [3.63, 3.8) is 0 Å². The molecule has 0 radical (unpaired) electrons. The molecule has 2 saturated heterocycles. The second kappa shape index (κ2) is 15.0. The Bertz CT molecular complexity index is 2010. The number of nitrogens with zero attached hydrogens (tertiary/aromatic N) is 1. The first-order chi connectivity index (χ1) is 24.7. The minimum atomic E-state index is -4.49. The second-order valence-electron chi connectivity index (χ2n) is 12.8. The summed E-state index contributed by atoms with van der Waals surface area (Å²) in [5.41, 5.74) is 2.78. The Labute approximate surface area is 297 Å². The Morgan fingerprint density at radius 3 is 2.17 bits per heavy atom. The first kappa shape index (κ1) is 36.9. The smallest absolute Gasteiger partial charge is 0.335 e. The lowest BCUT2D eigenvalue weighted by atomic mass is 9.77. The van der Waals surface area contributed by atoms with E-state index in [0.717, 1.165) is 0 Å². The first-order valence-electron chi connectivity index (χ1n) is 16.3. The third kappa shape index (κ3) is 7.65. The van der Waals surface area contributed by atoms with Gasteiger partial charge in [-0.1, -0.05) is 54.6 Å². The lowest BCUT2D eigenvalue weighted by Gasteiger charge is -2.48. The van der Waals surface area contributed by atoms with Crippen LogP contribution in [0.3, 0.4) is 0 Å². The monoisotopic (exact) mass is 737 g/mol. The molecule has 274 valence electrons. The van der Waals surface area contributed by atoms with Crippen molar-refractivity contribution in [2.75, 3.05) is 10.7 Å². The van der Waals surface area contributed by atoms with E-state index in [9.17, 15) is 53.0 Å². The molecule has 15 heteroatoms. The van der Waals surface area contributed by atoms with Gasteiger partial charge in [0.15, 0.2) is 6.10 Å². The topological polar surface area (TPSA) is 211 Å². The number of para-hydroxylation sites is 1. The van der Waals surface area contributed by atoms with Gasteiger partial charge in [-0.2, -0.15) is 8.42 Å². The van der Waals surface area contributed by atoms with Gasteiger partial charge in [0.05, 0.1) is 18.1 Å². The first-order valence-corrected chi connectivity index (χ1v) is 17.9. The number of aliphatic carboxylic acids is 1. The number of carboxylic acid groups (broad SMARTS) is 1. The maximum Gasteiger partial charge on any atom is 0.335 e. The van der Waals surface area contributed by atoms with Crippen LogP contribution in [-0.2, 0) is 24.4 Å². The lowest BCUT2D eigenvalue weighted by Crippen LogP contribution is -2.61. The molecule has 8 atom stereocenters. The number of carboxylic acids is 1. The van der Waals surface area contributed by atoms with Gasteiger partial charge in [0.2, 0.25) is 5.91 Å². The quantitative estimate of drug-likeness (QED) is 0.0916. The Hall–Kier alpha value is -4.90. The average molecular weight is 738 g/mol. The molecular weight excluding hydrogens is 701 g/mol. The number of carbonyl (C=O) groups is 2. The molecule has 1 amide bonds. The van der Waals surface area contributed by atoms with E-state index in [0.29, 0.717) is 34.4 Å². The molecule has 4 aromatic rings. The Morgan fingerprint density at radius 2 is 1.54 bits per heavy atom. The number of phenols is 1. The number of benzene rings is 4. The predicted molar refractivity (Wildman–Crippen MR) is 183 cm³/mol. The largest absolute Gasteiger partial charge is 0.508 e. The van der Waals surface area contributed by atoms with Crippen molar-refractivity contribution in [1.29, 1.82) is 0 Å². The van der Waals surface area contributed by atoms with E-state index in [-0.39, 0.29) is 23.8 Å². The Kier molecular flexibility index (Phi) is 10.6. The average Bonchev–Trinajstić information content (AvgIpc) is 3.11. The molecular formula is C37H36FNO12S. The molecule has 0 aliphatic carbocycles. The molecule has 2 unspecified atom stereocenters. The molecule has 2 aliphatic heterocycles. The fraction of sp³-hybridized carbons (Fsp3) is 0.297. The number of carbonyl (C=O) groups excluding carboxylic acids is 1. The van der Waals surface area contributed by atoms with Gasteiger partial charge in [0.25, 0.3) is 0 Å². The highest BCUT2D eigenvalue weighted by molar-refractivity contribution is 7.87. The van der Waals surface area contributed by atoms with E-state index in [1.165, 1.54) is 54.6 Å². The number of amides is 1. The number of rotatable bonds is 12. The zero-order valence-electron chi connectivity index (χ0n) is 27.3. The molecule has 0 bridgehead atoms. The van der Waals surface area contributed by atoms with Crippen molar-refractivity contribution in [3.8, 4) is 22.6 Å². The number of hydrogen-bond donors (Lipinski definition) is 6. The molecule has 2 aliphatic rings. The van der Waals surface area contributed by atoms with Gasteiger partial charge < -0.3 is 44.5 Å². The van der Waals surface area contributed by atoms with E-state index in [2.05, 4.69) is 0 Å². The van der Waals surface area contributed by atoms with Crippen molar-refractivity contribution < 1.29 is 62.0 Å². The van der Waals surface area contributed by atoms with Gasteiger partial charge >= 0.3 is 16.1 Å². The number of β-lactam (4-membered cyclic amide) rings is 1. The van der Waals surface area contributed by atoms with Crippen molar-refractivity contribution >= 4 is 27.7 Å². The fourth-order valence-electron chi connectivity index (χ4n) is 6.60. The van der Waals surface area contributed by atoms with Crippen LogP contribution in [0.25, 0.3) is 11.1 Å². The number of aliphatic hydroxyl groups is 4. The van der Waals surface area contributed by atoms with Crippen LogP contribution < -0.4 is 9.08 Å². The van der Waals surface area contributed by atoms with E-state index in [4.69, 9.17) is 8.92 Å². The van der Waals surface area contributed by atoms with E-state index in [1.54, 1.807) is 41.3 Å². The summed E-state index contributed by atoms with van der Waals surface area (Å²) in [4.78, 5) is 26.4. The van der Waals surface area contributed by atoms with Gasteiger partial charge in [-0.15, -0.1) is 0 Å². The summed E-state index contributed by atoms with van der Waals surface area (Å²) in [5, 5.41) is 61.3. The van der Waals surface area contributed by atoms with Crippen molar-refractivity contribution in [1.82, 2.24) is 0 Å². The summed E-state index contributed by atoms with van der Waals surface area (Å²) in [6, 6.07) is 24.6. The number of phenolic OH excluding ortho intramolecular Hbond substituents is 1. The highest BCUT2D eigenvalue weighted by Gasteiger charge is 2.50. The molecule has 6 N–H and O–H groups in total. The van der Waals surface area contributed by atoms with Gasteiger partial charge in [0.1, 0.15) is 47.5 Å². The van der Waals surface area contributed by atoms with Crippen LogP contribution in [0.15, 0.2) is 97.1 Å². The molecule has 0 spiro atoms. The maximum atomic E-state index is 13.5. The summed E-state index contributed by atoms with van der Waals surface area (Å²) >= 11 is 0. The van der Waals surface area contributed by atoms with Crippen LogP contribution in [0.4, 0.5) is 10.1 Å². The minimum absolute atomic E-state index is 0.0964. The van der Waals surface area contributed by atoms with Gasteiger partial charge in [-0.3, -0.25) is 4.79 Å². The second-order valence-corrected chi connectivity index (χ2v) is 14.4. The van der Waals surface area contributed by atoms with Crippen LogP contribution in [-0.4, -0.2) is 87.2 Å². The molecule has 6 rings (SSSR count). The zero-order valence-corrected chi connectivity index (χ0v) is 28.2. The molecule has 0 aromatic heterocycles. The molecule has 0 saturated carbocycles. The summed E-state index contributed by atoms with van der Waals surface area (Å²) in [5.74, 6) is -4.04. The van der Waals surface area contributed by atoms with E-state index < -0.39 is 76.2 Å². The number of aromatic hydroxyl groups is 1. The lowest BCUT2D eigenvalue weighted by molar-refractivity contribution is -0.223. The molecule has 13 nitrogen and oxygen atoms in total. The number of aliphatic hydroxyl groups excluding tert-OH is 4. The minimum Gasteiger partial charge on any atom is -0.508 e. The van der Waals surface area contributed by atoms with Crippen LogP contribution in [0.1, 0.15) is 36.1 Å². The third-order valence-electron chi connectivity index (χ3n) is 9.34. The normalized spacial score (nSPS) is 25.3. The van der Waals surface area contributed by atoms with E-state index >= 15 is 0 Å². The molecule has 4 aromatic carbocycles. The molecule has 52 heavy (non-hydrogen) atoms. The number of hydrogen-bond acceptors (Lipinski definition) is 11. The van der Waals surface area contributed by atoms with Crippen LogP contribution in [0, 0.1) is 11.7 Å². The van der Waals surface area contributed by atoms with Crippen LogP contribution in [0.5, 0.6) is 11.5 Å². The number of ether oxygens (including phenoxy) is 1. The van der Waals surface area contributed by atoms with Gasteiger partial charge in [-0.25, -0.2) is 9.18 Å². The number of anilines is 1. The summed E-state index contributed by atoms with van der Waals surface area (Å²) in [6.07, 6.45) is -9.89. The van der Waals surface area contributed by atoms with Gasteiger partial charge in [0, 0.05) is 11.3 Å². The summed E-state index contributed by atoms with van der Waals surface area (Å²) in [7, 11) is -4.49. The predicted octanol–water partition coefficient (Wildman–Crippen LogP) is 3.06. The van der Waals surface area contributed by atoms with Crippen LogP contribution in [0.2, 0.25) is 0 Å². The highest BCUT2D eigenvalue weighted by Crippen LogP contribution is 2.49. The maximum absolute atomic E-state index is 13.5.